The van der Waals surface area contributed by atoms with E-state index in [2.05, 4.69) is 39.2 Å². The Morgan fingerprint density at radius 3 is 1.91 bits per heavy atom. The summed E-state index contributed by atoms with van der Waals surface area (Å²) in [5, 5.41) is 0. The van der Waals surface area contributed by atoms with E-state index in [1.165, 1.54) is 0 Å². The number of hydrogen-bond acceptors (Lipinski definition) is 5. The topological polar surface area (TPSA) is 110 Å². The van der Waals surface area contributed by atoms with Gasteiger partial charge in [-0.15, -0.1) is 0 Å². The van der Waals surface area contributed by atoms with E-state index in [0.717, 1.165) is 22.4 Å². The molecular weight excluding hydrogens is 402 g/mol. The van der Waals surface area contributed by atoms with Crippen LogP contribution < -0.4 is 16.0 Å². The molecule has 0 bridgehead atoms. The number of nitrogens with zero attached hydrogens (tertiary/aromatic N) is 2. The van der Waals surface area contributed by atoms with Crippen molar-refractivity contribution in [3.8, 4) is 5.75 Å². The Bertz CT molecular complexity index is 1390. The molecule has 5 rings (SSSR count). The number of aromatic amines is 2. The van der Waals surface area contributed by atoms with Crippen LogP contribution in [-0.4, -0.2) is 27.0 Å². The summed E-state index contributed by atoms with van der Waals surface area (Å²) in [4.78, 5) is 27.4. The number of anilines is 1. The summed E-state index contributed by atoms with van der Waals surface area (Å²) in [6, 6.07) is 28.0. The highest BCUT2D eigenvalue weighted by Gasteiger charge is 2.41. The smallest absolute Gasteiger partial charge is 0.278 e. The molecule has 0 unspecified atom stereocenters. The summed E-state index contributed by atoms with van der Waals surface area (Å²) in [5.74, 6) is 1.34. The standard InChI is InChI=1S/C25H21N5O2/c1-32-19-14-12-18(13-15-19)25(16-8-4-2-5-9-16,17-10-6-3-7-11-17)23-27-20-21(28-23)29-24(26)30-22(20)31/h2-15H,1H3,(H4,26,27,28,29,30,31). The number of aromatic nitrogens is 4. The molecule has 7 heteroatoms. The molecule has 0 amide bonds. The van der Waals surface area contributed by atoms with Gasteiger partial charge in [-0.3, -0.25) is 9.78 Å². The summed E-state index contributed by atoms with van der Waals surface area (Å²) < 4.78 is 5.38. The second-order valence-electron chi connectivity index (χ2n) is 7.45. The molecule has 3 aromatic carbocycles. The van der Waals surface area contributed by atoms with Crippen molar-refractivity contribution in [2.45, 2.75) is 5.41 Å². The van der Waals surface area contributed by atoms with Crippen LogP contribution in [0.15, 0.2) is 89.7 Å². The molecule has 0 aliphatic rings. The van der Waals surface area contributed by atoms with Crippen LogP contribution in [0.2, 0.25) is 0 Å². The highest BCUT2D eigenvalue weighted by molar-refractivity contribution is 5.72. The number of rotatable bonds is 5. The van der Waals surface area contributed by atoms with Crippen LogP contribution in [0.3, 0.4) is 0 Å². The minimum Gasteiger partial charge on any atom is -0.497 e. The summed E-state index contributed by atoms with van der Waals surface area (Å²) in [6.45, 7) is 0. The Hall–Kier alpha value is -4.39. The molecule has 0 saturated heterocycles. The van der Waals surface area contributed by atoms with Gasteiger partial charge in [-0.1, -0.05) is 72.8 Å². The van der Waals surface area contributed by atoms with Crippen LogP contribution in [0.25, 0.3) is 11.2 Å². The maximum Gasteiger partial charge on any atom is 0.278 e. The number of fused-ring (bicyclic) bond motifs is 1. The minimum atomic E-state index is -0.837. The molecule has 0 radical (unpaired) electrons. The van der Waals surface area contributed by atoms with Crippen molar-refractivity contribution in [2.75, 3.05) is 12.8 Å². The predicted octanol–water partition coefficient (Wildman–Crippen LogP) is 3.62. The molecule has 0 fully saturated rings. The third-order valence-corrected chi connectivity index (χ3v) is 5.67. The third kappa shape index (κ3) is 3.02. The van der Waals surface area contributed by atoms with Gasteiger partial charge in [-0.2, -0.15) is 4.98 Å². The molecular formula is C25H21N5O2. The molecule has 32 heavy (non-hydrogen) atoms. The zero-order valence-electron chi connectivity index (χ0n) is 17.4. The maximum absolute atomic E-state index is 12.6. The number of methoxy groups -OCH3 is 1. The van der Waals surface area contributed by atoms with Gasteiger partial charge in [0.05, 0.1) is 7.11 Å². The van der Waals surface area contributed by atoms with Crippen molar-refractivity contribution >= 4 is 17.1 Å². The van der Waals surface area contributed by atoms with Crippen LogP contribution in [0, 0.1) is 0 Å². The monoisotopic (exact) mass is 423 g/mol. The van der Waals surface area contributed by atoms with Gasteiger partial charge >= 0.3 is 0 Å². The normalized spacial score (nSPS) is 11.5. The number of nitrogen functional groups attached to an aromatic ring is 1. The van der Waals surface area contributed by atoms with E-state index in [9.17, 15) is 4.79 Å². The Morgan fingerprint density at radius 1 is 0.781 bits per heavy atom. The first-order valence-electron chi connectivity index (χ1n) is 10.1. The second kappa shape index (κ2) is 7.70. The van der Waals surface area contributed by atoms with Gasteiger partial charge in [0.1, 0.15) is 17.0 Å². The van der Waals surface area contributed by atoms with E-state index < -0.39 is 5.41 Å². The number of H-pyrrole nitrogens is 2. The Kier molecular flexibility index (Phi) is 4.71. The van der Waals surface area contributed by atoms with Crippen LogP contribution >= 0.6 is 0 Å². The van der Waals surface area contributed by atoms with Gasteiger partial charge in [0.2, 0.25) is 5.95 Å². The van der Waals surface area contributed by atoms with Crippen molar-refractivity contribution in [3.05, 3.63) is 118 Å². The van der Waals surface area contributed by atoms with E-state index in [0.29, 0.717) is 5.82 Å². The molecule has 0 saturated carbocycles. The maximum atomic E-state index is 12.6. The lowest BCUT2D eigenvalue weighted by Gasteiger charge is -2.34. The molecule has 0 aliphatic heterocycles. The Labute approximate surface area is 183 Å². The number of benzene rings is 3. The fourth-order valence-corrected chi connectivity index (χ4v) is 4.23. The van der Waals surface area contributed by atoms with Gasteiger partial charge in [0, 0.05) is 0 Å². The number of ether oxygens (including phenoxy) is 1. The lowest BCUT2D eigenvalue weighted by atomic mass is 9.69. The molecule has 0 aliphatic carbocycles. The average molecular weight is 423 g/mol. The van der Waals surface area contributed by atoms with Crippen LogP contribution in [-0.2, 0) is 5.41 Å². The van der Waals surface area contributed by atoms with Crippen LogP contribution in [0.1, 0.15) is 22.5 Å². The number of nitrogens with two attached hydrogens (primary N) is 1. The minimum absolute atomic E-state index is 0.0232. The van der Waals surface area contributed by atoms with Crippen molar-refractivity contribution in [1.29, 1.82) is 0 Å². The van der Waals surface area contributed by atoms with Gasteiger partial charge in [0.25, 0.3) is 5.56 Å². The number of nitrogens with one attached hydrogen (secondary N) is 2. The van der Waals surface area contributed by atoms with Crippen molar-refractivity contribution in [3.63, 3.8) is 0 Å². The molecule has 158 valence electrons. The van der Waals surface area contributed by atoms with Crippen molar-refractivity contribution in [2.24, 2.45) is 0 Å². The van der Waals surface area contributed by atoms with E-state index in [-0.39, 0.29) is 22.7 Å². The fourth-order valence-electron chi connectivity index (χ4n) is 4.23. The van der Waals surface area contributed by atoms with E-state index in [1.807, 2.05) is 60.7 Å². The van der Waals surface area contributed by atoms with E-state index in [4.69, 9.17) is 15.5 Å². The molecule has 7 nitrogen and oxygen atoms in total. The number of hydrogen-bond donors (Lipinski definition) is 3. The summed E-state index contributed by atoms with van der Waals surface area (Å²) >= 11 is 0. The van der Waals surface area contributed by atoms with Crippen molar-refractivity contribution in [1.82, 2.24) is 19.9 Å². The third-order valence-electron chi connectivity index (χ3n) is 5.67. The fraction of sp³-hybridized carbons (Fsp3) is 0.0800. The van der Waals surface area contributed by atoms with Crippen LogP contribution in [0.5, 0.6) is 5.75 Å². The van der Waals surface area contributed by atoms with E-state index >= 15 is 0 Å². The summed E-state index contributed by atoms with van der Waals surface area (Å²) in [7, 11) is 1.64. The van der Waals surface area contributed by atoms with Gasteiger partial charge < -0.3 is 15.5 Å². The molecule has 0 spiro atoms. The van der Waals surface area contributed by atoms with Gasteiger partial charge in [-0.25, -0.2) is 4.98 Å². The van der Waals surface area contributed by atoms with E-state index in [1.54, 1.807) is 7.11 Å². The SMILES string of the molecule is COc1ccc(C(c2ccccc2)(c2ccccc2)c2nc3nc(N)[nH]c(=O)c3[nH]2)cc1. The Balaban J connectivity index is 1.92. The lowest BCUT2D eigenvalue weighted by Crippen LogP contribution is -2.32. The molecule has 4 N–H and O–H groups in total. The largest absolute Gasteiger partial charge is 0.497 e. The van der Waals surface area contributed by atoms with Gasteiger partial charge in [-0.05, 0) is 28.8 Å². The molecule has 2 heterocycles. The zero-order valence-corrected chi connectivity index (χ0v) is 17.4. The van der Waals surface area contributed by atoms with Gasteiger partial charge in [0.15, 0.2) is 11.2 Å². The molecule has 2 aromatic heterocycles. The highest BCUT2D eigenvalue weighted by atomic mass is 16.5. The second-order valence-corrected chi connectivity index (χ2v) is 7.45. The molecule has 5 aromatic rings. The first-order valence-corrected chi connectivity index (χ1v) is 10.1. The lowest BCUT2D eigenvalue weighted by molar-refractivity contribution is 0.414. The predicted molar refractivity (Wildman–Crippen MR) is 124 cm³/mol. The highest BCUT2D eigenvalue weighted by Crippen LogP contribution is 2.44. The quantitative estimate of drug-likeness (QED) is 0.374. The number of imidazole rings is 1. The summed E-state index contributed by atoms with van der Waals surface area (Å²) in [5.41, 5.74) is 8.05. The van der Waals surface area contributed by atoms with Crippen LogP contribution in [0.4, 0.5) is 5.95 Å². The average Bonchev–Trinajstić information content (AvgIpc) is 3.26. The first-order chi connectivity index (χ1) is 15.6. The first kappa shape index (κ1) is 19.6. The van der Waals surface area contributed by atoms with Crippen molar-refractivity contribution < 1.29 is 4.74 Å². The zero-order chi connectivity index (χ0) is 22.1. The summed E-state index contributed by atoms with van der Waals surface area (Å²) in [6.07, 6.45) is 0. The Morgan fingerprint density at radius 2 is 1.34 bits per heavy atom. The molecule has 0 atom stereocenters.